The molecule has 0 bridgehead atoms. The molecule has 1 fully saturated rings. The van der Waals surface area contributed by atoms with Crippen molar-refractivity contribution >= 4 is 5.91 Å². The van der Waals surface area contributed by atoms with Crippen molar-refractivity contribution in [3.05, 3.63) is 0 Å². The molecular formula is C15H31N3O3. The minimum Gasteiger partial charge on any atom is -0.377 e. The molecule has 1 aliphatic rings. The minimum absolute atomic E-state index is 0.160. The third kappa shape index (κ3) is 5.21. The lowest BCUT2D eigenvalue weighted by Crippen LogP contribution is -2.53. The second-order valence-corrected chi connectivity index (χ2v) is 5.99. The summed E-state index contributed by atoms with van der Waals surface area (Å²) < 4.78 is 10.9. The van der Waals surface area contributed by atoms with Crippen LogP contribution in [0.15, 0.2) is 0 Å². The lowest BCUT2D eigenvalue weighted by molar-refractivity contribution is -0.124. The molecule has 21 heavy (non-hydrogen) atoms. The van der Waals surface area contributed by atoms with Gasteiger partial charge in [-0.15, -0.1) is 0 Å². The quantitative estimate of drug-likeness (QED) is 0.570. The van der Waals surface area contributed by atoms with Gasteiger partial charge in [-0.3, -0.25) is 9.69 Å². The van der Waals surface area contributed by atoms with E-state index in [1.807, 2.05) is 13.8 Å². The Balaban J connectivity index is 2.29. The highest BCUT2D eigenvalue weighted by Gasteiger charge is 2.33. The smallest absolute Gasteiger partial charge is 0.237 e. The Hall–Kier alpha value is -0.690. The van der Waals surface area contributed by atoms with Crippen molar-refractivity contribution in [1.82, 2.24) is 10.2 Å². The van der Waals surface area contributed by atoms with E-state index in [9.17, 15) is 4.79 Å². The molecule has 1 saturated heterocycles. The van der Waals surface area contributed by atoms with Crippen LogP contribution in [0.2, 0.25) is 0 Å². The fourth-order valence-corrected chi connectivity index (χ4v) is 2.96. The number of primary amides is 1. The number of unbranched alkanes of at least 4 members (excludes halogenated alkanes) is 1. The fraction of sp³-hybridized carbons (Fsp3) is 0.933. The minimum atomic E-state index is -0.593. The van der Waals surface area contributed by atoms with Gasteiger partial charge in [0.1, 0.15) is 0 Å². The van der Waals surface area contributed by atoms with Crippen LogP contribution in [0.4, 0.5) is 0 Å². The van der Waals surface area contributed by atoms with Crippen LogP contribution in [-0.2, 0) is 14.3 Å². The number of methoxy groups -OCH3 is 2. The summed E-state index contributed by atoms with van der Waals surface area (Å²) in [5.41, 5.74) is 4.90. The molecule has 3 unspecified atom stereocenters. The number of hydrogen-bond acceptors (Lipinski definition) is 5. The maximum absolute atomic E-state index is 11.5. The van der Waals surface area contributed by atoms with Crippen LogP contribution in [0.25, 0.3) is 0 Å². The van der Waals surface area contributed by atoms with Gasteiger partial charge in [0.25, 0.3) is 0 Å². The number of likely N-dealkylation sites (tertiary alicyclic amines) is 1. The molecule has 3 N–H and O–H groups in total. The molecule has 0 aromatic carbocycles. The first-order valence-electron chi connectivity index (χ1n) is 7.79. The van der Waals surface area contributed by atoms with Crippen molar-refractivity contribution in [2.75, 3.05) is 40.4 Å². The monoisotopic (exact) mass is 301 g/mol. The normalized spacial score (nSPS) is 25.9. The Morgan fingerprint density at radius 1 is 1.29 bits per heavy atom. The largest absolute Gasteiger partial charge is 0.377 e. The lowest BCUT2D eigenvalue weighted by Gasteiger charge is -2.27. The summed E-state index contributed by atoms with van der Waals surface area (Å²) >= 11 is 0. The molecule has 0 spiro atoms. The van der Waals surface area contributed by atoms with Crippen molar-refractivity contribution in [3.8, 4) is 0 Å². The number of amides is 1. The van der Waals surface area contributed by atoms with Crippen molar-refractivity contribution in [1.29, 1.82) is 0 Å². The van der Waals surface area contributed by atoms with Gasteiger partial charge in [0.2, 0.25) is 5.91 Å². The number of likely N-dealkylation sites (N-methyl/N-ethyl adjacent to an activating group) is 1. The molecule has 6 nitrogen and oxygen atoms in total. The molecule has 6 heteroatoms. The van der Waals surface area contributed by atoms with Gasteiger partial charge in [0.05, 0.1) is 17.7 Å². The van der Waals surface area contributed by atoms with E-state index in [0.717, 1.165) is 45.4 Å². The van der Waals surface area contributed by atoms with Gasteiger partial charge in [0.15, 0.2) is 0 Å². The molecule has 1 heterocycles. The third-order valence-electron chi connectivity index (χ3n) is 4.41. The van der Waals surface area contributed by atoms with E-state index in [-0.39, 0.29) is 18.1 Å². The Kier molecular flexibility index (Phi) is 7.59. The first-order valence-corrected chi connectivity index (χ1v) is 7.79. The maximum atomic E-state index is 11.5. The summed E-state index contributed by atoms with van der Waals surface area (Å²) in [6, 6.07) is 0. The third-order valence-corrected chi connectivity index (χ3v) is 4.41. The van der Waals surface area contributed by atoms with E-state index in [4.69, 9.17) is 15.2 Å². The van der Waals surface area contributed by atoms with E-state index in [2.05, 4.69) is 10.2 Å². The van der Waals surface area contributed by atoms with Gasteiger partial charge >= 0.3 is 0 Å². The topological polar surface area (TPSA) is 76.8 Å². The Bertz CT molecular complexity index is 315. The predicted octanol–water partition coefficient (Wildman–Crippen LogP) is 0.356. The van der Waals surface area contributed by atoms with Gasteiger partial charge in [-0.1, -0.05) is 6.92 Å². The van der Waals surface area contributed by atoms with Gasteiger partial charge < -0.3 is 20.5 Å². The second-order valence-electron chi connectivity index (χ2n) is 5.99. The van der Waals surface area contributed by atoms with Crippen molar-refractivity contribution in [2.45, 2.75) is 50.9 Å². The number of carbonyl (C=O) groups is 1. The van der Waals surface area contributed by atoms with Crippen LogP contribution in [0, 0.1) is 0 Å². The highest BCUT2D eigenvalue weighted by Crippen LogP contribution is 2.18. The molecule has 1 aliphatic heterocycles. The van der Waals surface area contributed by atoms with Crippen LogP contribution in [0.5, 0.6) is 0 Å². The highest BCUT2D eigenvalue weighted by atomic mass is 16.5. The average Bonchev–Trinajstić information content (AvgIpc) is 2.86. The van der Waals surface area contributed by atoms with E-state index < -0.39 is 5.54 Å². The summed E-state index contributed by atoms with van der Waals surface area (Å²) in [4.78, 5) is 13.9. The van der Waals surface area contributed by atoms with Crippen LogP contribution in [0.1, 0.15) is 33.1 Å². The molecule has 3 atom stereocenters. The first kappa shape index (κ1) is 18.4. The van der Waals surface area contributed by atoms with Crippen LogP contribution in [0.3, 0.4) is 0 Å². The number of nitrogens with one attached hydrogen (secondary N) is 1. The molecule has 124 valence electrons. The molecule has 1 amide bonds. The zero-order valence-electron chi connectivity index (χ0n) is 13.9. The van der Waals surface area contributed by atoms with Crippen LogP contribution >= 0.6 is 0 Å². The summed E-state index contributed by atoms with van der Waals surface area (Å²) in [6.45, 7) is 7.44. The molecule has 0 aromatic heterocycles. The van der Waals surface area contributed by atoms with E-state index in [1.165, 1.54) is 0 Å². The van der Waals surface area contributed by atoms with E-state index >= 15 is 0 Å². The summed E-state index contributed by atoms with van der Waals surface area (Å²) in [5.74, 6) is -0.274. The van der Waals surface area contributed by atoms with Gasteiger partial charge in [0, 0.05) is 27.3 Å². The molecule has 0 aliphatic carbocycles. The van der Waals surface area contributed by atoms with Gasteiger partial charge in [-0.05, 0) is 39.3 Å². The molecule has 0 saturated carbocycles. The molecule has 0 aromatic rings. The van der Waals surface area contributed by atoms with E-state index in [0.29, 0.717) is 0 Å². The van der Waals surface area contributed by atoms with Crippen molar-refractivity contribution in [3.63, 3.8) is 0 Å². The maximum Gasteiger partial charge on any atom is 0.237 e. The van der Waals surface area contributed by atoms with Crippen LogP contribution < -0.4 is 11.1 Å². The Morgan fingerprint density at radius 2 is 1.86 bits per heavy atom. The van der Waals surface area contributed by atoms with Gasteiger partial charge in [-0.25, -0.2) is 0 Å². The Morgan fingerprint density at radius 3 is 2.29 bits per heavy atom. The zero-order chi connectivity index (χ0) is 15.9. The van der Waals surface area contributed by atoms with Crippen LogP contribution in [-0.4, -0.2) is 69.0 Å². The van der Waals surface area contributed by atoms with E-state index in [1.54, 1.807) is 14.2 Å². The average molecular weight is 301 g/mol. The SMILES string of the molecule is CCNC(C)(CCCCN1CC(OC)C(OC)C1)C(N)=O. The number of nitrogens with two attached hydrogens (primary N) is 1. The number of ether oxygens (including phenoxy) is 2. The first-order chi connectivity index (χ1) is 9.96. The summed E-state index contributed by atoms with van der Waals surface area (Å²) in [6.07, 6.45) is 3.10. The predicted molar refractivity (Wildman–Crippen MR) is 83.2 cm³/mol. The Labute approximate surface area is 128 Å². The number of rotatable bonds is 10. The second kappa shape index (κ2) is 8.68. The number of nitrogens with zero attached hydrogens (tertiary/aromatic N) is 1. The number of carbonyl (C=O) groups excluding carboxylic acids is 1. The highest BCUT2D eigenvalue weighted by molar-refractivity contribution is 5.84. The zero-order valence-corrected chi connectivity index (χ0v) is 13.9. The van der Waals surface area contributed by atoms with Crippen molar-refractivity contribution < 1.29 is 14.3 Å². The molecule has 0 radical (unpaired) electrons. The molecular weight excluding hydrogens is 270 g/mol. The van der Waals surface area contributed by atoms with Crippen molar-refractivity contribution in [2.24, 2.45) is 5.73 Å². The van der Waals surface area contributed by atoms with Gasteiger partial charge in [-0.2, -0.15) is 0 Å². The standard InChI is InChI=1S/C15H31N3O3/c1-5-17-15(2,14(16)19)8-6-7-9-18-10-12(20-3)13(11-18)21-4/h12-13,17H,5-11H2,1-4H3,(H2,16,19). The summed E-state index contributed by atoms with van der Waals surface area (Å²) in [5, 5.41) is 3.19. The fourth-order valence-electron chi connectivity index (χ4n) is 2.96. The molecule has 1 rings (SSSR count). The lowest BCUT2D eigenvalue weighted by atomic mass is 9.94. The number of hydrogen-bond donors (Lipinski definition) is 2. The summed E-state index contributed by atoms with van der Waals surface area (Å²) in [7, 11) is 3.46.